The topological polar surface area (TPSA) is 78.9 Å². The Kier molecular flexibility index (Phi) is 66.6. The van der Waals surface area contributed by atoms with Crippen molar-refractivity contribution in [2.75, 3.05) is 13.2 Å². The van der Waals surface area contributed by atoms with Gasteiger partial charge in [-0.1, -0.05) is 333 Å². The summed E-state index contributed by atoms with van der Waals surface area (Å²) in [6, 6.07) is 0. The van der Waals surface area contributed by atoms with Gasteiger partial charge >= 0.3 is 17.9 Å². The van der Waals surface area contributed by atoms with Gasteiger partial charge in [0.05, 0.1) is 0 Å². The van der Waals surface area contributed by atoms with E-state index in [0.717, 1.165) is 70.6 Å². The highest BCUT2D eigenvalue weighted by atomic mass is 16.6. The van der Waals surface area contributed by atoms with Gasteiger partial charge in [-0.05, 0) is 83.5 Å². The molecule has 0 aliphatic carbocycles. The molecule has 0 heterocycles. The maximum atomic E-state index is 13.0. The van der Waals surface area contributed by atoms with Crippen LogP contribution >= 0.6 is 0 Å². The molecule has 0 saturated carbocycles. The molecular weight excluding hydrogens is 985 g/mol. The third-order valence-corrected chi connectivity index (χ3v) is 16.1. The first-order chi connectivity index (χ1) is 39.5. The van der Waals surface area contributed by atoms with Gasteiger partial charge in [-0.15, -0.1) is 0 Å². The first kappa shape index (κ1) is 77.4. The minimum absolute atomic E-state index is 0.0704. The van der Waals surface area contributed by atoms with Gasteiger partial charge in [0.2, 0.25) is 0 Å². The number of hydrogen-bond donors (Lipinski definition) is 0. The Bertz CT molecular complexity index is 1380. The maximum absolute atomic E-state index is 13.0. The largest absolute Gasteiger partial charge is 0.462 e. The molecule has 468 valence electrons. The number of carbonyl (C=O) groups excluding carboxylic acids is 3. The molecule has 0 N–H and O–H groups in total. The maximum Gasteiger partial charge on any atom is 0.306 e. The van der Waals surface area contributed by atoms with Crippen molar-refractivity contribution in [3.8, 4) is 0 Å². The first-order valence-electron chi connectivity index (χ1n) is 35.6. The molecule has 0 aromatic heterocycles. The zero-order valence-corrected chi connectivity index (χ0v) is 53.9. The lowest BCUT2D eigenvalue weighted by Crippen LogP contribution is -2.30. The van der Waals surface area contributed by atoms with Crippen LogP contribution in [0.15, 0.2) is 48.6 Å². The van der Waals surface area contributed by atoms with Crippen molar-refractivity contribution in [1.82, 2.24) is 0 Å². The fourth-order valence-corrected chi connectivity index (χ4v) is 10.7. The molecule has 0 aliphatic heterocycles. The smallest absolute Gasteiger partial charge is 0.306 e. The lowest BCUT2D eigenvalue weighted by atomic mass is 10.0. The Morgan fingerprint density at radius 1 is 0.250 bits per heavy atom. The molecule has 80 heavy (non-hydrogen) atoms. The standard InChI is InChI=1S/C74H136O6/c1-4-7-10-13-16-19-22-25-28-31-33-35-36-37-38-40-41-43-46-49-52-55-58-61-64-67-73(76)79-70-71(69-78-72(75)66-63-60-57-54-51-48-45-30-27-24-21-18-15-12-9-6-3)80-74(77)68-65-62-59-56-53-50-47-44-42-39-34-32-29-26-23-20-17-14-11-8-5-2/h22,25,31-34,36-37,71H,4-21,23-24,26-30,35,38-70H2,1-3H3/b25-22-,33-31-,34-32-,37-36-. The van der Waals surface area contributed by atoms with E-state index in [2.05, 4.69) is 69.4 Å². The van der Waals surface area contributed by atoms with Gasteiger partial charge in [-0.3, -0.25) is 14.4 Å². The molecule has 0 rings (SSSR count). The van der Waals surface area contributed by atoms with Crippen molar-refractivity contribution >= 4 is 17.9 Å². The van der Waals surface area contributed by atoms with Gasteiger partial charge in [0.15, 0.2) is 6.10 Å². The van der Waals surface area contributed by atoms with Crippen LogP contribution in [0.25, 0.3) is 0 Å². The van der Waals surface area contributed by atoms with E-state index >= 15 is 0 Å². The highest BCUT2D eigenvalue weighted by molar-refractivity contribution is 5.71. The summed E-state index contributed by atoms with van der Waals surface area (Å²) in [6.07, 6.45) is 87.0. The zero-order valence-electron chi connectivity index (χ0n) is 53.9. The number of carbonyl (C=O) groups is 3. The van der Waals surface area contributed by atoms with Gasteiger partial charge in [0, 0.05) is 19.3 Å². The number of unbranched alkanes of at least 4 members (excludes halogenated alkanes) is 47. The third kappa shape index (κ3) is 66.2. The van der Waals surface area contributed by atoms with Crippen molar-refractivity contribution in [2.45, 2.75) is 393 Å². The van der Waals surface area contributed by atoms with E-state index in [1.165, 1.54) is 276 Å². The van der Waals surface area contributed by atoms with Crippen molar-refractivity contribution < 1.29 is 28.6 Å². The van der Waals surface area contributed by atoms with Gasteiger partial charge in [0.1, 0.15) is 13.2 Å². The Labute approximate surface area is 498 Å². The van der Waals surface area contributed by atoms with Gasteiger partial charge in [-0.25, -0.2) is 0 Å². The van der Waals surface area contributed by atoms with Crippen LogP contribution < -0.4 is 0 Å². The molecule has 0 bridgehead atoms. The van der Waals surface area contributed by atoms with Crippen LogP contribution in [-0.4, -0.2) is 37.2 Å². The monoisotopic (exact) mass is 1120 g/mol. The van der Waals surface area contributed by atoms with Crippen LogP contribution in [0.5, 0.6) is 0 Å². The molecule has 6 nitrogen and oxygen atoms in total. The van der Waals surface area contributed by atoms with Crippen LogP contribution in [0.4, 0.5) is 0 Å². The molecule has 1 unspecified atom stereocenters. The summed E-state index contributed by atoms with van der Waals surface area (Å²) in [6.45, 7) is 6.70. The fraction of sp³-hybridized carbons (Fsp3) is 0.851. The van der Waals surface area contributed by atoms with Crippen LogP contribution in [-0.2, 0) is 28.6 Å². The lowest BCUT2D eigenvalue weighted by Gasteiger charge is -2.18. The van der Waals surface area contributed by atoms with Gasteiger partial charge in [-0.2, -0.15) is 0 Å². The van der Waals surface area contributed by atoms with Crippen molar-refractivity contribution in [2.24, 2.45) is 0 Å². The minimum atomic E-state index is -0.775. The van der Waals surface area contributed by atoms with Crippen LogP contribution in [0.1, 0.15) is 387 Å². The molecule has 1 atom stereocenters. The molecule has 0 fully saturated rings. The first-order valence-corrected chi connectivity index (χ1v) is 35.6. The number of esters is 3. The Morgan fingerprint density at radius 3 is 0.713 bits per heavy atom. The minimum Gasteiger partial charge on any atom is -0.462 e. The summed E-state index contributed by atoms with van der Waals surface area (Å²) in [5, 5.41) is 0. The van der Waals surface area contributed by atoms with Gasteiger partial charge in [0.25, 0.3) is 0 Å². The average molecular weight is 1120 g/mol. The van der Waals surface area contributed by atoms with E-state index in [4.69, 9.17) is 14.2 Å². The number of rotatable bonds is 66. The predicted molar refractivity (Wildman–Crippen MR) is 349 cm³/mol. The molecule has 0 aliphatic rings. The molecule has 0 spiro atoms. The second kappa shape index (κ2) is 68.9. The van der Waals surface area contributed by atoms with Crippen LogP contribution in [0.2, 0.25) is 0 Å². The fourth-order valence-electron chi connectivity index (χ4n) is 10.7. The van der Waals surface area contributed by atoms with Crippen LogP contribution in [0, 0.1) is 0 Å². The Hall–Kier alpha value is -2.63. The summed E-state index contributed by atoms with van der Waals surface area (Å²) >= 11 is 0. The predicted octanol–water partition coefficient (Wildman–Crippen LogP) is 24.5. The normalized spacial score (nSPS) is 12.3. The molecule has 0 radical (unpaired) electrons. The van der Waals surface area contributed by atoms with E-state index in [0.29, 0.717) is 19.3 Å². The van der Waals surface area contributed by atoms with E-state index < -0.39 is 6.10 Å². The summed E-state index contributed by atoms with van der Waals surface area (Å²) in [7, 11) is 0. The van der Waals surface area contributed by atoms with Crippen LogP contribution in [0.3, 0.4) is 0 Å². The highest BCUT2D eigenvalue weighted by Gasteiger charge is 2.19. The SMILES string of the molecule is CCCCCCC/C=C\C/C=C\C/C=C\CCCCCCCCCCCCC(=O)OCC(COC(=O)CCCCCCCCCCCCCCCCCC)OC(=O)CCCCCCCCCCC/C=C\CCCCCCCCCC. The second-order valence-electron chi connectivity index (χ2n) is 24.1. The summed E-state index contributed by atoms with van der Waals surface area (Å²) in [5.74, 6) is -0.849. The summed E-state index contributed by atoms with van der Waals surface area (Å²) in [5.41, 5.74) is 0. The van der Waals surface area contributed by atoms with Crippen molar-refractivity contribution in [3.05, 3.63) is 48.6 Å². The lowest BCUT2D eigenvalue weighted by molar-refractivity contribution is -0.167. The molecule has 0 amide bonds. The molecule has 6 heteroatoms. The Balaban J connectivity index is 4.31. The molecule has 0 aromatic carbocycles. The highest BCUT2D eigenvalue weighted by Crippen LogP contribution is 2.18. The quantitative estimate of drug-likeness (QED) is 0.0261. The van der Waals surface area contributed by atoms with Gasteiger partial charge < -0.3 is 14.2 Å². The third-order valence-electron chi connectivity index (χ3n) is 16.1. The van der Waals surface area contributed by atoms with Crippen molar-refractivity contribution in [1.29, 1.82) is 0 Å². The summed E-state index contributed by atoms with van der Waals surface area (Å²) < 4.78 is 17.0. The average Bonchev–Trinajstić information content (AvgIpc) is 3.46. The number of ether oxygens (including phenoxy) is 3. The molecular formula is C74H136O6. The number of hydrogen-bond acceptors (Lipinski definition) is 6. The van der Waals surface area contributed by atoms with E-state index in [-0.39, 0.29) is 31.1 Å². The summed E-state index contributed by atoms with van der Waals surface area (Å²) in [4.78, 5) is 38.5. The van der Waals surface area contributed by atoms with Crippen molar-refractivity contribution in [3.63, 3.8) is 0 Å². The van der Waals surface area contributed by atoms with E-state index in [1.54, 1.807) is 0 Å². The molecule has 0 aromatic rings. The zero-order chi connectivity index (χ0) is 57.8. The van der Waals surface area contributed by atoms with E-state index in [1.807, 2.05) is 0 Å². The Morgan fingerprint density at radius 2 is 0.450 bits per heavy atom. The van der Waals surface area contributed by atoms with E-state index in [9.17, 15) is 14.4 Å². The number of allylic oxidation sites excluding steroid dienone is 8. The second-order valence-corrected chi connectivity index (χ2v) is 24.1. The molecule has 0 saturated heterocycles.